The number of benzene rings is 1. The second-order valence-electron chi connectivity index (χ2n) is 4.75. The van der Waals surface area contributed by atoms with Crippen molar-refractivity contribution in [2.24, 2.45) is 0 Å². The lowest BCUT2D eigenvalue weighted by Crippen LogP contribution is -2.39. The van der Waals surface area contributed by atoms with Crippen LogP contribution in [0.5, 0.6) is 5.75 Å². The number of likely N-dealkylation sites (tertiary alicyclic amines) is 1. The standard InChI is InChI=1S/C14H19BrN2O2/c1-10(14(18)17-7-3-4-8-17)16-11-5-6-13(19-2)12(15)9-11/h5-6,9-10,16H,3-4,7-8H2,1-2H3/t10-/m1/s1. The van der Waals surface area contributed by atoms with Gasteiger partial charge in [0, 0.05) is 18.8 Å². The van der Waals surface area contributed by atoms with Crippen molar-refractivity contribution in [1.29, 1.82) is 0 Å². The zero-order valence-corrected chi connectivity index (χ0v) is 12.9. The zero-order valence-electron chi connectivity index (χ0n) is 11.3. The Bertz CT molecular complexity index is 459. The van der Waals surface area contributed by atoms with Gasteiger partial charge in [0.15, 0.2) is 0 Å². The summed E-state index contributed by atoms with van der Waals surface area (Å²) < 4.78 is 6.06. The first-order valence-corrected chi connectivity index (χ1v) is 7.30. The molecule has 1 amide bonds. The molecule has 1 saturated heterocycles. The Morgan fingerprint density at radius 1 is 1.42 bits per heavy atom. The van der Waals surface area contributed by atoms with Crippen molar-refractivity contribution in [3.05, 3.63) is 22.7 Å². The molecule has 0 unspecified atom stereocenters. The van der Waals surface area contributed by atoms with Gasteiger partial charge in [-0.15, -0.1) is 0 Å². The summed E-state index contributed by atoms with van der Waals surface area (Å²) in [4.78, 5) is 14.1. The highest BCUT2D eigenvalue weighted by atomic mass is 79.9. The van der Waals surface area contributed by atoms with Crippen molar-refractivity contribution in [1.82, 2.24) is 4.90 Å². The van der Waals surface area contributed by atoms with Crippen molar-refractivity contribution >= 4 is 27.5 Å². The van der Waals surface area contributed by atoms with Gasteiger partial charge in [-0.05, 0) is 53.9 Å². The maximum Gasteiger partial charge on any atom is 0.244 e. The molecule has 19 heavy (non-hydrogen) atoms. The van der Waals surface area contributed by atoms with E-state index >= 15 is 0 Å². The molecule has 1 aliphatic rings. The molecule has 5 heteroatoms. The fourth-order valence-corrected chi connectivity index (χ4v) is 2.82. The van der Waals surface area contributed by atoms with E-state index in [0.717, 1.165) is 41.8 Å². The second-order valence-corrected chi connectivity index (χ2v) is 5.60. The lowest BCUT2D eigenvalue weighted by Gasteiger charge is -2.22. The monoisotopic (exact) mass is 326 g/mol. The predicted molar refractivity (Wildman–Crippen MR) is 79.6 cm³/mol. The summed E-state index contributed by atoms with van der Waals surface area (Å²) in [6.07, 6.45) is 2.24. The minimum atomic E-state index is -0.210. The van der Waals surface area contributed by atoms with E-state index in [4.69, 9.17) is 4.74 Å². The van der Waals surface area contributed by atoms with E-state index in [0.29, 0.717) is 0 Å². The Balaban J connectivity index is 1.99. The molecule has 1 atom stereocenters. The van der Waals surface area contributed by atoms with E-state index in [2.05, 4.69) is 21.2 Å². The molecule has 0 saturated carbocycles. The minimum absolute atomic E-state index is 0.171. The largest absolute Gasteiger partial charge is 0.496 e. The van der Waals surface area contributed by atoms with Crippen molar-refractivity contribution in [2.75, 3.05) is 25.5 Å². The number of carbonyl (C=O) groups excluding carboxylic acids is 1. The molecule has 1 heterocycles. The van der Waals surface area contributed by atoms with Gasteiger partial charge in [-0.2, -0.15) is 0 Å². The summed E-state index contributed by atoms with van der Waals surface area (Å²) in [5, 5.41) is 3.23. The summed E-state index contributed by atoms with van der Waals surface area (Å²) >= 11 is 3.44. The van der Waals surface area contributed by atoms with Gasteiger partial charge in [0.2, 0.25) is 5.91 Å². The summed E-state index contributed by atoms with van der Waals surface area (Å²) in [6, 6.07) is 5.50. The number of nitrogens with one attached hydrogen (secondary N) is 1. The van der Waals surface area contributed by atoms with E-state index in [9.17, 15) is 4.79 Å². The van der Waals surface area contributed by atoms with Crippen LogP contribution in [0.2, 0.25) is 0 Å². The summed E-state index contributed by atoms with van der Waals surface area (Å²) in [5.41, 5.74) is 0.910. The lowest BCUT2D eigenvalue weighted by molar-refractivity contribution is -0.130. The predicted octanol–water partition coefficient (Wildman–Crippen LogP) is 2.88. The molecular formula is C14H19BrN2O2. The van der Waals surface area contributed by atoms with Crippen LogP contribution >= 0.6 is 15.9 Å². The Labute approximate surface area is 122 Å². The molecule has 1 aromatic rings. The Kier molecular flexibility index (Phi) is 4.69. The van der Waals surface area contributed by atoms with Gasteiger partial charge in [0.05, 0.1) is 11.6 Å². The molecule has 0 spiro atoms. The van der Waals surface area contributed by atoms with Gasteiger partial charge >= 0.3 is 0 Å². The van der Waals surface area contributed by atoms with Crippen LogP contribution in [-0.4, -0.2) is 37.0 Å². The number of nitrogens with zero attached hydrogens (tertiary/aromatic N) is 1. The number of halogens is 1. The third kappa shape index (κ3) is 3.41. The number of hydrogen-bond acceptors (Lipinski definition) is 3. The first kappa shape index (κ1) is 14.2. The molecule has 1 aliphatic heterocycles. The van der Waals surface area contributed by atoms with Crippen LogP contribution in [0, 0.1) is 0 Å². The van der Waals surface area contributed by atoms with Crippen LogP contribution < -0.4 is 10.1 Å². The van der Waals surface area contributed by atoms with Crippen molar-refractivity contribution in [3.63, 3.8) is 0 Å². The summed E-state index contributed by atoms with van der Waals surface area (Å²) in [7, 11) is 1.63. The molecule has 1 fully saturated rings. The molecule has 1 N–H and O–H groups in total. The third-order valence-corrected chi connectivity index (χ3v) is 3.94. The Morgan fingerprint density at radius 2 is 2.11 bits per heavy atom. The maximum atomic E-state index is 12.2. The average molecular weight is 327 g/mol. The Hall–Kier alpha value is -1.23. The van der Waals surface area contributed by atoms with E-state index in [1.165, 1.54) is 0 Å². The van der Waals surface area contributed by atoms with E-state index in [-0.39, 0.29) is 11.9 Å². The van der Waals surface area contributed by atoms with Crippen LogP contribution in [0.4, 0.5) is 5.69 Å². The number of rotatable bonds is 4. The van der Waals surface area contributed by atoms with Crippen molar-refractivity contribution in [2.45, 2.75) is 25.8 Å². The van der Waals surface area contributed by atoms with Gasteiger partial charge < -0.3 is 15.0 Å². The number of hydrogen-bond donors (Lipinski definition) is 1. The van der Waals surface area contributed by atoms with Gasteiger partial charge in [-0.25, -0.2) is 0 Å². The molecule has 0 aromatic heterocycles. The van der Waals surface area contributed by atoms with Crippen LogP contribution in [0.1, 0.15) is 19.8 Å². The van der Waals surface area contributed by atoms with E-state index in [1.807, 2.05) is 30.0 Å². The third-order valence-electron chi connectivity index (χ3n) is 3.32. The quantitative estimate of drug-likeness (QED) is 0.925. The lowest BCUT2D eigenvalue weighted by atomic mass is 10.2. The first-order chi connectivity index (χ1) is 9.11. The minimum Gasteiger partial charge on any atom is -0.496 e. The van der Waals surface area contributed by atoms with Crippen molar-refractivity contribution < 1.29 is 9.53 Å². The second kappa shape index (κ2) is 6.28. The molecule has 0 radical (unpaired) electrons. The number of ether oxygens (including phenoxy) is 1. The zero-order chi connectivity index (χ0) is 13.8. The highest BCUT2D eigenvalue weighted by Crippen LogP contribution is 2.28. The molecule has 2 rings (SSSR count). The average Bonchev–Trinajstić information content (AvgIpc) is 2.92. The topological polar surface area (TPSA) is 41.6 Å². The molecule has 0 bridgehead atoms. The Morgan fingerprint density at radius 3 is 2.68 bits per heavy atom. The molecular weight excluding hydrogens is 308 g/mol. The number of methoxy groups -OCH3 is 1. The van der Waals surface area contributed by atoms with Gasteiger partial charge in [-0.1, -0.05) is 0 Å². The molecule has 104 valence electrons. The molecule has 4 nitrogen and oxygen atoms in total. The van der Waals surface area contributed by atoms with Crippen LogP contribution in [0.25, 0.3) is 0 Å². The highest BCUT2D eigenvalue weighted by Gasteiger charge is 2.23. The normalized spacial score (nSPS) is 16.3. The van der Waals surface area contributed by atoms with Gasteiger partial charge in [-0.3, -0.25) is 4.79 Å². The maximum absolute atomic E-state index is 12.2. The van der Waals surface area contributed by atoms with E-state index < -0.39 is 0 Å². The van der Waals surface area contributed by atoms with E-state index in [1.54, 1.807) is 7.11 Å². The number of amides is 1. The number of carbonyl (C=O) groups is 1. The molecule has 0 aliphatic carbocycles. The van der Waals surface area contributed by atoms with Crippen LogP contribution in [0.3, 0.4) is 0 Å². The summed E-state index contributed by atoms with van der Waals surface area (Å²) in [5.74, 6) is 0.952. The van der Waals surface area contributed by atoms with Crippen molar-refractivity contribution in [3.8, 4) is 5.75 Å². The smallest absolute Gasteiger partial charge is 0.244 e. The fourth-order valence-electron chi connectivity index (χ4n) is 2.28. The van der Waals surface area contributed by atoms with Crippen LogP contribution in [-0.2, 0) is 4.79 Å². The van der Waals surface area contributed by atoms with Gasteiger partial charge in [0.1, 0.15) is 11.8 Å². The van der Waals surface area contributed by atoms with Gasteiger partial charge in [0.25, 0.3) is 0 Å². The SMILES string of the molecule is COc1ccc(N[C@H](C)C(=O)N2CCCC2)cc1Br. The first-order valence-electron chi connectivity index (χ1n) is 6.50. The highest BCUT2D eigenvalue weighted by molar-refractivity contribution is 9.10. The number of anilines is 1. The van der Waals surface area contributed by atoms with Crippen LogP contribution in [0.15, 0.2) is 22.7 Å². The summed E-state index contributed by atoms with van der Waals surface area (Å²) in [6.45, 7) is 3.67. The fraction of sp³-hybridized carbons (Fsp3) is 0.500. The molecule has 1 aromatic carbocycles.